The topological polar surface area (TPSA) is 26.3 Å². The van der Waals surface area contributed by atoms with Crippen molar-refractivity contribution in [1.82, 2.24) is 0 Å². The van der Waals surface area contributed by atoms with E-state index in [1.807, 2.05) is 30.3 Å². The Morgan fingerprint density at radius 1 is 1.00 bits per heavy atom. The van der Waals surface area contributed by atoms with Gasteiger partial charge in [0.05, 0.1) is 6.26 Å². The molecule has 2 aromatic heterocycles. The summed E-state index contributed by atoms with van der Waals surface area (Å²) in [6, 6.07) is 16.2. The van der Waals surface area contributed by atoms with Gasteiger partial charge in [0.1, 0.15) is 5.76 Å². The van der Waals surface area contributed by atoms with Crippen LogP contribution in [0, 0.1) is 0 Å². The van der Waals surface area contributed by atoms with Crippen LogP contribution >= 0.6 is 22.6 Å². The minimum atomic E-state index is 0.776. The van der Waals surface area contributed by atoms with Gasteiger partial charge in [0.15, 0.2) is 11.5 Å². The highest BCUT2D eigenvalue weighted by atomic mass is 127. The fourth-order valence-electron chi connectivity index (χ4n) is 2.08. The molecule has 0 amide bonds. The van der Waals surface area contributed by atoms with E-state index in [2.05, 4.69) is 40.8 Å². The third kappa shape index (κ3) is 2.61. The molecule has 0 N–H and O–H groups in total. The predicted octanol–water partition coefficient (Wildman–Crippen LogP) is 5.18. The Morgan fingerprint density at radius 2 is 1.84 bits per heavy atom. The van der Waals surface area contributed by atoms with Crippen LogP contribution < -0.4 is 0 Å². The second-order valence-corrected chi connectivity index (χ2v) is 5.32. The number of alkyl halides is 1. The molecule has 3 rings (SSSR count). The van der Waals surface area contributed by atoms with E-state index in [4.69, 9.17) is 8.83 Å². The molecule has 0 aliphatic carbocycles. The zero-order valence-corrected chi connectivity index (χ0v) is 12.5. The normalized spacial score (nSPS) is 10.8. The van der Waals surface area contributed by atoms with Gasteiger partial charge in [0.25, 0.3) is 0 Å². The van der Waals surface area contributed by atoms with Crippen LogP contribution in [0.4, 0.5) is 0 Å². The average molecular weight is 364 g/mol. The van der Waals surface area contributed by atoms with Crippen LogP contribution in [-0.2, 0) is 6.42 Å². The molecule has 0 saturated carbocycles. The van der Waals surface area contributed by atoms with Crippen molar-refractivity contribution in [3.63, 3.8) is 0 Å². The van der Waals surface area contributed by atoms with Crippen molar-refractivity contribution in [2.45, 2.75) is 6.42 Å². The molecule has 1 aromatic carbocycles. The molecule has 0 saturated heterocycles. The van der Waals surface area contributed by atoms with Crippen LogP contribution in [0.5, 0.6) is 0 Å². The number of rotatable bonds is 4. The molecule has 0 fully saturated rings. The Balaban J connectivity index is 2.12. The van der Waals surface area contributed by atoms with Gasteiger partial charge < -0.3 is 8.83 Å². The van der Waals surface area contributed by atoms with Gasteiger partial charge in [-0.1, -0.05) is 52.9 Å². The maximum Gasteiger partial charge on any atom is 0.177 e. The summed E-state index contributed by atoms with van der Waals surface area (Å²) >= 11 is 2.36. The average Bonchev–Trinajstić information content (AvgIpc) is 3.08. The van der Waals surface area contributed by atoms with Gasteiger partial charge >= 0.3 is 0 Å². The van der Waals surface area contributed by atoms with E-state index in [0.29, 0.717) is 0 Å². The number of hydrogen-bond acceptors (Lipinski definition) is 2. The third-order valence-corrected chi connectivity index (χ3v) is 3.49. The van der Waals surface area contributed by atoms with Crippen molar-refractivity contribution in [3.05, 3.63) is 60.6 Å². The van der Waals surface area contributed by atoms with E-state index in [-0.39, 0.29) is 0 Å². The molecule has 0 aliphatic heterocycles. The van der Waals surface area contributed by atoms with E-state index in [1.165, 1.54) is 0 Å². The standard InChI is InChI=1S/C16H13IO2/c17-9-8-13-11-14(12-5-2-1-3-6-12)16(19-13)15-7-4-10-18-15/h1-7,10-11H,8-9H2. The summed E-state index contributed by atoms with van der Waals surface area (Å²) in [5, 5.41) is 0. The van der Waals surface area contributed by atoms with Gasteiger partial charge in [-0.2, -0.15) is 0 Å². The van der Waals surface area contributed by atoms with E-state index in [1.54, 1.807) is 6.26 Å². The largest absolute Gasteiger partial charge is 0.461 e. The van der Waals surface area contributed by atoms with Crippen molar-refractivity contribution in [3.8, 4) is 22.6 Å². The summed E-state index contributed by atoms with van der Waals surface area (Å²) in [7, 11) is 0. The van der Waals surface area contributed by atoms with Gasteiger partial charge in [-0.05, 0) is 23.8 Å². The summed E-state index contributed by atoms with van der Waals surface area (Å²) in [6.07, 6.45) is 2.60. The molecule has 3 heteroatoms. The molecular weight excluding hydrogens is 351 g/mol. The summed E-state index contributed by atoms with van der Waals surface area (Å²) in [5.41, 5.74) is 2.24. The fraction of sp³-hybridized carbons (Fsp3) is 0.125. The second-order valence-electron chi connectivity index (χ2n) is 4.24. The molecular formula is C16H13IO2. The van der Waals surface area contributed by atoms with E-state index >= 15 is 0 Å². The Morgan fingerprint density at radius 3 is 2.53 bits per heavy atom. The minimum Gasteiger partial charge on any atom is -0.461 e. The lowest BCUT2D eigenvalue weighted by Crippen LogP contribution is -1.79. The molecule has 0 bridgehead atoms. The first-order chi connectivity index (χ1) is 9.38. The molecule has 0 aliphatic rings. The Kier molecular flexibility index (Phi) is 3.73. The lowest BCUT2D eigenvalue weighted by molar-refractivity contribution is 0.498. The smallest absolute Gasteiger partial charge is 0.177 e. The third-order valence-electron chi connectivity index (χ3n) is 2.95. The summed E-state index contributed by atoms with van der Waals surface area (Å²) in [4.78, 5) is 0. The molecule has 0 unspecified atom stereocenters. The minimum absolute atomic E-state index is 0.776. The van der Waals surface area contributed by atoms with Crippen molar-refractivity contribution >= 4 is 22.6 Å². The van der Waals surface area contributed by atoms with Crippen molar-refractivity contribution in [2.24, 2.45) is 0 Å². The highest BCUT2D eigenvalue weighted by Gasteiger charge is 2.16. The summed E-state index contributed by atoms with van der Waals surface area (Å²) < 4.78 is 12.5. The quantitative estimate of drug-likeness (QED) is 0.471. The van der Waals surface area contributed by atoms with Crippen molar-refractivity contribution in [1.29, 1.82) is 0 Å². The molecule has 0 atom stereocenters. The highest BCUT2D eigenvalue weighted by Crippen LogP contribution is 2.35. The highest BCUT2D eigenvalue weighted by molar-refractivity contribution is 14.1. The van der Waals surface area contributed by atoms with Gasteiger partial charge in [0.2, 0.25) is 0 Å². The number of halogens is 1. The van der Waals surface area contributed by atoms with Crippen molar-refractivity contribution in [2.75, 3.05) is 4.43 Å². The maximum absolute atomic E-state index is 5.96. The molecule has 2 nitrogen and oxygen atoms in total. The van der Waals surface area contributed by atoms with Gasteiger partial charge in [0, 0.05) is 16.4 Å². The van der Waals surface area contributed by atoms with Crippen LogP contribution in [0.25, 0.3) is 22.6 Å². The molecule has 0 spiro atoms. The first-order valence-electron chi connectivity index (χ1n) is 6.16. The number of aryl methyl sites for hydroxylation is 1. The Bertz CT molecular complexity index is 639. The number of hydrogen-bond donors (Lipinski definition) is 0. The number of furan rings is 2. The molecule has 2 heterocycles. The van der Waals surface area contributed by atoms with Gasteiger partial charge in [-0.15, -0.1) is 0 Å². The van der Waals surface area contributed by atoms with Crippen molar-refractivity contribution < 1.29 is 8.83 Å². The zero-order chi connectivity index (χ0) is 13.1. The predicted molar refractivity (Wildman–Crippen MR) is 84.4 cm³/mol. The first-order valence-corrected chi connectivity index (χ1v) is 7.69. The molecule has 3 aromatic rings. The Labute approximate surface area is 125 Å². The van der Waals surface area contributed by atoms with Gasteiger partial charge in [-0.3, -0.25) is 0 Å². The first kappa shape index (κ1) is 12.5. The van der Waals surface area contributed by atoms with Crippen LogP contribution in [0.2, 0.25) is 0 Å². The number of benzene rings is 1. The SMILES string of the molecule is ICCc1cc(-c2ccccc2)c(-c2ccco2)o1. The van der Waals surface area contributed by atoms with Crippen LogP contribution in [0.15, 0.2) is 63.6 Å². The van der Waals surface area contributed by atoms with Crippen LogP contribution in [-0.4, -0.2) is 4.43 Å². The Hall–Kier alpha value is -1.49. The lowest BCUT2D eigenvalue weighted by atomic mass is 10.0. The van der Waals surface area contributed by atoms with E-state index < -0.39 is 0 Å². The van der Waals surface area contributed by atoms with Gasteiger partial charge in [-0.25, -0.2) is 0 Å². The molecule has 19 heavy (non-hydrogen) atoms. The summed E-state index contributed by atoms with van der Waals surface area (Å²) in [6.45, 7) is 0. The zero-order valence-electron chi connectivity index (χ0n) is 10.3. The maximum atomic E-state index is 5.96. The fourth-order valence-corrected chi connectivity index (χ4v) is 2.61. The van der Waals surface area contributed by atoms with E-state index in [0.717, 1.165) is 39.3 Å². The summed E-state index contributed by atoms with van der Waals surface area (Å²) in [5.74, 6) is 2.59. The van der Waals surface area contributed by atoms with Crippen LogP contribution in [0.1, 0.15) is 5.76 Å². The second kappa shape index (κ2) is 5.65. The molecule has 0 radical (unpaired) electrons. The molecule has 96 valence electrons. The van der Waals surface area contributed by atoms with E-state index in [9.17, 15) is 0 Å². The lowest BCUT2D eigenvalue weighted by Gasteiger charge is -1.99. The van der Waals surface area contributed by atoms with Crippen LogP contribution in [0.3, 0.4) is 0 Å². The monoisotopic (exact) mass is 364 g/mol.